The van der Waals surface area contributed by atoms with Gasteiger partial charge < -0.3 is 9.72 Å². The van der Waals surface area contributed by atoms with E-state index in [1.165, 1.54) is 26.4 Å². The summed E-state index contributed by atoms with van der Waals surface area (Å²) in [7, 11) is 1.51. The number of hydrogen-bond acceptors (Lipinski definition) is 3. The number of nitrogens with zero attached hydrogens (tertiary/aromatic N) is 1. The molecule has 0 spiro atoms. The Morgan fingerprint density at radius 2 is 2.14 bits per heavy atom. The number of rotatable bonds is 7. The van der Waals surface area contributed by atoms with E-state index < -0.39 is 22.6 Å². The van der Waals surface area contributed by atoms with Gasteiger partial charge in [0, 0.05) is 11.5 Å². The van der Waals surface area contributed by atoms with E-state index in [0.717, 1.165) is 30.6 Å². The second kappa shape index (κ2) is 6.26. The summed E-state index contributed by atoms with van der Waals surface area (Å²) in [4.78, 5) is 19.1. The molecule has 0 bridgehead atoms. The zero-order chi connectivity index (χ0) is 19.5. The number of H-pyrrole nitrogens is 1. The van der Waals surface area contributed by atoms with Crippen LogP contribution < -0.4 is 10.3 Å². The number of nitrogens with one attached hydrogen (secondary N) is 1. The lowest BCUT2D eigenvalue weighted by atomic mass is 9.86. The summed E-state index contributed by atoms with van der Waals surface area (Å²) in [6, 6.07) is 4.87. The first-order chi connectivity index (χ1) is 13.4. The summed E-state index contributed by atoms with van der Waals surface area (Å²) >= 11 is 0. The molecule has 3 aliphatic rings. The minimum atomic E-state index is -3.20. The van der Waals surface area contributed by atoms with Gasteiger partial charge in [-0.05, 0) is 68.4 Å². The Bertz CT molecular complexity index is 967. The standard InChI is InChI=1S/C22H26F2N2O2/c1-28-15-6-7-17-18(12-15)26-20(27)19(25-17)22(23,24)21(9-10-21)8-2-3-13-4-5-14-11-16(13)14/h6-7,12-14,16H,2-5,8-11H2,1H3,(H,26,27). The SMILES string of the molecule is COc1ccc2nc(C(F)(F)C3(CCCC4CCC5CC45)CC3)c(=O)[nH]c2c1. The molecule has 0 saturated heterocycles. The van der Waals surface area contributed by atoms with Crippen LogP contribution in [-0.2, 0) is 5.92 Å². The molecule has 4 nitrogen and oxygen atoms in total. The van der Waals surface area contributed by atoms with E-state index in [4.69, 9.17) is 4.74 Å². The minimum Gasteiger partial charge on any atom is -0.497 e. The molecule has 0 amide bonds. The number of halogens is 2. The number of methoxy groups -OCH3 is 1. The molecule has 1 aromatic carbocycles. The lowest BCUT2D eigenvalue weighted by Crippen LogP contribution is -2.35. The van der Waals surface area contributed by atoms with Gasteiger partial charge in [-0.3, -0.25) is 4.79 Å². The highest BCUT2D eigenvalue weighted by molar-refractivity contribution is 5.75. The normalized spacial score (nSPS) is 27.6. The van der Waals surface area contributed by atoms with Crippen molar-refractivity contribution in [2.75, 3.05) is 7.11 Å². The molecule has 3 aliphatic carbocycles. The van der Waals surface area contributed by atoms with Crippen molar-refractivity contribution >= 4 is 11.0 Å². The van der Waals surface area contributed by atoms with Crippen molar-refractivity contribution in [1.82, 2.24) is 9.97 Å². The summed E-state index contributed by atoms with van der Waals surface area (Å²) in [5.74, 6) is -0.107. The summed E-state index contributed by atoms with van der Waals surface area (Å²) < 4.78 is 35.9. The first-order valence-electron chi connectivity index (χ1n) is 10.4. The second-order valence-corrected chi connectivity index (χ2v) is 9.04. The smallest absolute Gasteiger partial charge is 0.300 e. The highest BCUT2D eigenvalue weighted by Gasteiger charge is 2.63. The lowest BCUT2D eigenvalue weighted by Gasteiger charge is -2.26. The highest BCUT2D eigenvalue weighted by Crippen LogP contribution is 2.64. The predicted molar refractivity (Wildman–Crippen MR) is 103 cm³/mol. The molecular formula is C22H26F2N2O2. The number of hydrogen-bond donors (Lipinski definition) is 1. The Labute approximate surface area is 162 Å². The number of fused-ring (bicyclic) bond motifs is 2. The predicted octanol–water partition coefficient (Wildman–Crippen LogP) is 5.02. The molecule has 3 fully saturated rings. The Kier molecular flexibility index (Phi) is 4.04. The van der Waals surface area contributed by atoms with E-state index in [1.807, 2.05) is 0 Å². The van der Waals surface area contributed by atoms with Crippen molar-refractivity contribution in [2.24, 2.45) is 23.2 Å². The van der Waals surface area contributed by atoms with Gasteiger partial charge in [-0.1, -0.05) is 12.8 Å². The topological polar surface area (TPSA) is 55.0 Å². The quantitative estimate of drug-likeness (QED) is 0.725. The zero-order valence-corrected chi connectivity index (χ0v) is 16.1. The molecule has 28 heavy (non-hydrogen) atoms. The Hall–Kier alpha value is -1.98. The third-order valence-electron chi connectivity index (χ3n) is 7.44. The summed E-state index contributed by atoms with van der Waals surface area (Å²) in [5.41, 5.74) is -1.75. The van der Waals surface area contributed by atoms with Crippen LogP contribution in [0.5, 0.6) is 5.75 Å². The van der Waals surface area contributed by atoms with E-state index in [9.17, 15) is 4.79 Å². The van der Waals surface area contributed by atoms with Gasteiger partial charge in [0.05, 0.1) is 18.1 Å². The van der Waals surface area contributed by atoms with Crippen LogP contribution in [0, 0.1) is 23.2 Å². The van der Waals surface area contributed by atoms with Crippen LogP contribution in [0.25, 0.3) is 11.0 Å². The molecule has 2 aromatic rings. The monoisotopic (exact) mass is 388 g/mol. The van der Waals surface area contributed by atoms with E-state index >= 15 is 8.78 Å². The van der Waals surface area contributed by atoms with Crippen molar-refractivity contribution in [1.29, 1.82) is 0 Å². The van der Waals surface area contributed by atoms with E-state index in [-0.39, 0.29) is 0 Å². The van der Waals surface area contributed by atoms with Gasteiger partial charge in [0.2, 0.25) is 0 Å². The molecule has 5 rings (SSSR count). The Balaban J connectivity index is 1.36. The molecule has 1 N–H and O–H groups in total. The van der Waals surface area contributed by atoms with Crippen LogP contribution in [0.1, 0.15) is 57.1 Å². The van der Waals surface area contributed by atoms with Crippen LogP contribution in [0.2, 0.25) is 0 Å². The van der Waals surface area contributed by atoms with Gasteiger partial charge in [-0.15, -0.1) is 0 Å². The first-order valence-corrected chi connectivity index (χ1v) is 10.4. The Morgan fingerprint density at radius 3 is 2.79 bits per heavy atom. The van der Waals surface area contributed by atoms with E-state index in [1.54, 1.807) is 18.2 Å². The maximum absolute atomic E-state index is 15.4. The van der Waals surface area contributed by atoms with Gasteiger partial charge >= 0.3 is 5.92 Å². The Morgan fingerprint density at radius 1 is 1.32 bits per heavy atom. The number of aromatic amines is 1. The summed E-state index contributed by atoms with van der Waals surface area (Å²) in [6.45, 7) is 0. The maximum atomic E-state index is 15.4. The third kappa shape index (κ3) is 2.83. The molecule has 1 aromatic heterocycles. The average molecular weight is 388 g/mol. The minimum absolute atomic E-state index is 0.358. The van der Waals surface area contributed by atoms with Gasteiger partial charge in [-0.2, -0.15) is 8.78 Å². The van der Waals surface area contributed by atoms with Crippen LogP contribution in [0.15, 0.2) is 23.0 Å². The van der Waals surface area contributed by atoms with Crippen LogP contribution in [-0.4, -0.2) is 17.1 Å². The van der Waals surface area contributed by atoms with Gasteiger partial charge in [-0.25, -0.2) is 4.98 Å². The molecule has 0 aliphatic heterocycles. The molecule has 0 radical (unpaired) electrons. The maximum Gasteiger partial charge on any atom is 0.300 e. The number of aromatic nitrogens is 2. The van der Waals surface area contributed by atoms with Gasteiger partial charge in [0.15, 0.2) is 5.69 Å². The van der Waals surface area contributed by atoms with Crippen molar-refractivity contribution in [2.45, 2.75) is 57.3 Å². The van der Waals surface area contributed by atoms with E-state index in [0.29, 0.717) is 36.0 Å². The van der Waals surface area contributed by atoms with E-state index in [2.05, 4.69) is 9.97 Å². The van der Waals surface area contributed by atoms with Crippen LogP contribution in [0.4, 0.5) is 8.78 Å². The molecular weight excluding hydrogens is 362 g/mol. The summed E-state index contributed by atoms with van der Waals surface area (Å²) in [5, 5.41) is 0. The molecule has 3 atom stereocenters. The zero-order valence-electron chi connectivity index (χ0n) is 16.1. The molecule has 1 heterocycles. The number of ether oxygens (including phenoxy) is 1. The van der Waals surface area contributed by atoms with Crippen molar-refractivity contribution < 1.29 is 13.5 Å². The van der Waals surface area contributed by atoms with Crippen molar-refractivity contribution in [3.63, 3.8) is 0 Å². The van der Waals surface area contributed by atoms with Crippen LogP contribution in [0.3, 0.4) is 0 Å². The lowest BCUT2D eigenvalue weighted by molar-refractivity contribution is -0.0893. The van der Waals surface area contributed by atoms with Crippen LogP contribution >= 0.6 is 0 Å². The molecule has 150 valence electrons. The van der Waals surface area contributed by atoms with Crippen molar-refractivity contribution in [3.05, 3.63) is 34.2 Å². The second-order valence-electron chi connectivity index (χ2n) is 9.04. The molecule has 3 saturated carbocycles. The van der Waals surface area contributed by atoms with Crippen molar-refractivity contribution in [3.8, 4) is 5.75 Å². The average Bonchev–Trinajstić information content (AvgIpc) is 3.59. The molecule has 6 heteroatoms. The fourth-order valence-corrected chi connectivity index (χ4v) is 5.41. The van der Waals surface area contributed by atoms with Gasteiger partial charge in [0.25, 0.3) is 5.56 Å². The van der Waals surface area contributed by atoms with Gasteiger partial charge in [0.1, 0.15) is 5.75 Å². The largest absolute Gasteiger partial charge is 0.497 e. The highest BCUT2D eigenvalue weighted by atomic mass is 19.3. The third-order valence-corrected chi connectivity index (χ3v) is 7.44. The molecule has 3 unspecified atom stereocenters. The summed E-state index contributed by atoms with van der Waals surface area (Å²) in [6.07, 6.45) is 7.26. The number of alkyl halides is 2. The first kappa shape index (κ1) is 18.1. The number of benzene rings is 1. The fraction of sp³-hybridized carbons (Fsp3) is 0.636. The fourth-order valence-electron chi connectivity index (χ4n) is 5.41.